The van der Waals surface area contributed by atoms with Gasteiger partial charge < -0.3 is 40.7 Å². The number of sulfonamides is 1. The third kappa shape index (κ3) is 22.5. The Hall–Kier alpha value is -7.75. The van der Waals surface area contributed by atoms with Gasteiger partial charge in [0.15, 0.2) is 5.66 Å². The molecule has 5 N–H and O–H groups in total. The maximum atomic E-state index is 14.5. The number of hydrogen-bond acceptors (Lipinski definition) is 18. The van der Waals surface area contributed by atoms with Crippen LogP contribution in [0.25, 0.3) is 16.0 Å². The normalized spacial score (nSPS) is 20.5. The SMILES string of the molecule is Cc1ncsc1-c1ccc([C@H](C)NC(=O)[C@]2(NC(=O)CCCCCCC(=O)N3CCN(C[C@]4(C)CCC(c5ccc(Cl)cc5)=C(CN5CCN(c6ccc(C(=O)NS(=O)(=O)c7ccc(N[C@H](CCN8CCCCCC8)CSc8ccccc8)c([N+](=O)[O-])c7)cc6)CC5)C4)CC3)CC(O)CN2C(=O)CC(C)(C)C)cc1. The summed E-state index contributed by atoms with van der Waals surface area (Å²) in [5, 5.41) is 33.8. The average molecular weight is 1570 g/mol. The van der Waals surface area contributed by atoms with Crippen LogP contribution in [0.15, 0.2) is 142 Å². The van der Waals surface area contributed by atoms with Crippen molar-refractivity contribution < 1.29 is 42.4 Å². The predicted octanol–water partition coefficient (Wildman–Crippen LogP) is 13.6. The van der Waals surface area contributed by atoms with Gasteiger partial charge in [-0.2, -0.15) is 0 Å². The third-order valence-electron chi connectivity index (χ3n) is 22.0. The maximum Gasteiger partial charge on any atom is 0.293 e. The van der Waals surface area contributed by atoms with Gasteiger partial charge in [-0.15, -0.1) is 23.1 Å². The van der Waals surface area contributed by atoms with Gasteiger partial charge in [0.1, 0.15) is 5.69 Å². The van der Waals surface area contributed by atoms with Gasteiger partial charge in [0, 0.05) is 143 Å². The van der Waals surface area contributed by atoms with E-state index >= 15 is 0 Å². The Morgan fingerprint density at radius 1 is 0.789 bits per heavy atom. The first-order valence-electron chi connectivity index (χ1n) is 38.9. The van der Waals surface area contributed by atoms with Crippen LogP contribution in [0, 0.1) is 27.9 Å². The highest BCUT2D eigenvalue weighted by atomic mass is 35.5. The van der Waals surface area contributed by atoms with Crippen molar-refractivity contribution in [3.8, 4) is 10.4 Å². The number of amides is 5. The zero-order valence-electron chi connectivity index (χ0n) is 64.1. The van der Waals surface area contributed by atoms with E-state index in [0.717, 1.165) is 155 Å². The highest BCUT2D eigenvalue weighted by Crippen LogP contribution is 2.45. The summed E-state index contributed by atoms with van der Waals surface area (Å²) in [7, 11) is -4.51. The van der Waals surface area contributed by atoms with Crippen molar-refractivity contribution in [1.29, 1.82) is 0 Å². The lowest BCUT2D eigenvalue weighted by Crippen LogP contribution is -2.67. The van der Waals surface area contributed by atoms with Crippen LogP contribution in [-0.2, 0) is 29.2 Å². The molecule has 4 aliphatic heterocycles. The maximum absolute atomic E-state index is 14.5. The van der Waals surface area contributed by atoms with Crippen LogP contribution >= 0.6 is 34.7 Å². The lowest BCUT2D eigenvalue weighted by molar-refractivity contribution is -0.384. The molecule has 5 atom stereocenters. The number of hydrogen-bond donors (Lipinski definition) is 5. The third-order valence-corrected chi connectivity index (χ3v) is 25.7. The number of thioether (sulfide) groups is 1. The quantitative estimate of drug-likeness (QED) is 0.0117. The van der Waals surface area contributed by atoms with E-state index in [9.17, 15) is 47.6 Å². The summed E-state index contributed by atoms with van der Waals surface area (Å²) in [5.74, 6) is -1.33. The molecule has 4 saturated heterocycles. The number of nitro benzene ring substituents is 1. The number of aliphatic hydroxyl groups is 1. The minimum Gasteiger partial charge on any atom is -0.391 e. The molecule has 1 aromatic heterocycles. The van der Waals surface area contributed by atoms with Gasteiger partial charge in [0.25, 0.3) is 27.5 Å². The van der Waals surface area contributed by atoms with E-state index in [1.54, 1.807) is 35.2 Å². The van der Waals surface area contributed by atoms with Crippen molar-refractivity contribution in [3.63, 3.8) is 0 Å². The molecule has 586 valence electrons. The van der Waals surface area contributed by atoms with E-state index in [4.69, 9.17) is 11.6 Å². The number of thiazole rings is 1. The highest BCUT2D eigenvalue weighted by Gasteiger charge is 2.55. The number of nitrogens with zero attached hydrogens (tertiary/aromatic N) is 8. The van der Waals surface area contributed by atoms with Crippen molar-refractivity contribution >= 4 is 96.9 Å². The van der Waals surface area contributed by atoms with Gasteiger partial charge in [-0.25, -0.2) is 18.1 Å². The van der Waals surface area contributed by atoms with Crippen molar-refractivity contribution in [3.05, 3.63) is 170 Å². The molecule has 0 saturated carbocycles. The molecule has 0 radical (unpaired) electrons. The molecule has 4 fully saturated rings. The number of aromatic nitrogens is 1. The molecule has 6 aromatic rings. The number of unbranched alkanes of at least 4 members (excludes halogenated alkanes) is 3. The molecule has 5 aromatic carbocycles. The summed E-state index contributed by atoms with van der Waals surface area (Å²) in [6.45, 7) is 22.5. The molecule has 26 heteroatoms. The second kappa shape index (κ2) is 37.5. The standard InChI is InChI=1S/C83H109ClN12O10S3/c1-59(61-22-24-63(25-23-61)78-60(2)85-58-108-78)86-80(102)83(52-69(97)55-95(83)77(100)53-81(3,4)5)88-75(98)20-14-7-8-15-21-76(99)94-48-44-92(45-49-94)57-82(6)38-36-72(62-26-30-66(84)31-27-62)65(51-82)54-91-42-46-93(47-43-91)68-32-28-64(29-33-68)79(101)89-109(105,106)71-34-35-73(74(50-71)96(103)104)87-67(56-107-70-18-12-11-13-19-70)37-41-90-39-16-9-10-17-40-90/h11-13,18-19,22-35,50,58-59,67,69,87,97H,7-10,14-17,20-21,36-49,51-57H2,1-6H3,(H,86,102)(H,88,98)(H,89,101)/t59-,67+,69?,82+,83-/m0/s1. The Bertz CT molecular complexity index is 4250. The molecule has 0 bridgehead atoms. The smallest absolute Gasteiger partial charge is 0.293 e. The number of nitro groups is 1. The number of allylic oxidation sites excluding steroid dienone is 1. The number of β-amino-alcohol motifs (C(OH)–C–C–N with tert-alkyl or cyclic N) is 1. The van der Waals surface area contributed by atoms with Crippen molar-refractivity contribution in [2.24, 2.45) is 10.8 Å². The summed E-state index contributed by atoms with van der Waals surface area (Å²) in [6.07, 6.45) is 10.5. The van der Waals surface area contributed by atoms with Crippen molar-refractivity contribution in [2.75, 3.05) is 108 Å². The fourth-order valence-corrected chi connectivity index (χ4v) is 18.9. The van der Waals surface area contributed by atoms with E-state index in [2.05, 4.69) is 64.3 Å². The Balaban J connectivity index is 0.625. The number of carbonyl (C=O) groups excluding carboxylic acids is 5. The van der Waals surface area contributed by atoms with Crippen LogP contribution < -0.4 is 25.6 Å². The lowest BCUT2D eigenvalue weighted by Gasteiger charge is -2.44. The number of benzene rings is 5. The van der Waals surface area contributed by atoms with Gasteiger partial charge in [0.2, 0.25) is 17.7 Å². The number of halogens is 1. The van der Waals surface area contributed by atoms with Crippen LogP contribution in [0.3, 0.4) is 0 Å². The number of rotatable bonds is 31. The average Bonchev–Trinajstić information content (AvgIpc) is 1.64. The molecular formula is C83H109ClN12O10S3. The first-order valence-corrected chi connectivity index (χ1v) is 42.6. The van der Waals surface area contributed by atoms with E-state index < -0.39 is 55.7 Å². The Labute approximate surface area is 656 Å². The highest BCUT2D eigenvalue weighted by molar-refractivity contribution is 7.99. The zero-order chi connectivity index (χ0) is 77.5. The molecular weight excluding hydrogens is 1460 g/mol. The molecule has 22 nitrogen and oxygen atoms in total. The van der Waals surface area contributed by atoms with Gasteiger partial charge in [-0.05, 0) is 172 Å². The topological polar surface area (TPSA) is 263 Å². The van der Waals surface area contributed by atoms with Gasteiger partial charge in [-0.3, -0.25) is 43.9 Å². The number of likely N-dealkylation sites (tertiary alicyclic amines) is 2. The first kappa shape index (κ1) is 82.2. The van der Waals surface area contributed by atoms with Gasteiger partial charge in [0.05, 0.1) is 38.0 Å². The predicted molar refractivity (Wildman–Crippen MR) is 434 cm³/mol. The van der Waals surface area contributed by atoms with Gasteiger partial charge in [-0.1, -0.05) is 125 Å². The molecule has 5 heterocycles. The van der Waals surface area contributed by atoms with Crippen molar-refractivity contribution in [1.82, 2.24) is 44.8 Å². The monoisotopic (exact) mass is 1560 g/mol. The number of carbonyl (C=O) groups is 5. The van der Waals surface area contributed by atoms with Crippen LogP contribution in [0.1, 0.15) is 171 Å². The van der Waals surface area contributed by atoms with Gasteiger partial charge >= 0.3 is 0 Å². The second-order valence-corrected chi connectivity index (χ2v) is 36.0. The Morgan fingerprint density at radius 2 is 1.46 bits per heavy atom. The van der Waals surface area contributed by atoms with Crippen LogP contribution in [0.5, 0.6) is 0 Å². The second-order valence-electron chi connectivity index (χ2n) is 31.9. The number of piperazine rings is 2. The largest absolute Gasteiger partial charge is 0.391 e. The molecule has 1 aliphatic carbocycles. The lowest BCUT2D eigenvalue weighted by atomic mass is 9.71. The minimum absolute atomic E-state index is 0.00435. The fraction of sp³-hybridized carbons (Fsp3) is 0.518. The molecule has 0 spiro atoms. The van der Waals surface area contributed by atoms with Crippen molar-refractivity contribution in [2.45, 2.75) is 178 Å². The molecule has 5 aliphatic rings. The summed E-state index contributed by atoms with van der Waals surface area (Å²) >= 11 is 9.64. The number of nitrogens with one attached hydrogen (secondary N) is 4. The van der Waals surface area contributed by atoms with E-state index in [1.165, 1.54) is 46.6 Å². The van der Waals surface area contributed by atoms with E-state index in [-0.39, 0.29) is 71.1 Å². The molecule has 1 unspecified atom stereocenters. The fourth-order valence-electron chi connectivity index (χ4n) is 16.0. The zero-order valence-corrected chi connectivity index (χ0v) is 67.3. The summed E-state index contributed by atoms with van der Waals surface area (Å²) < 4.78 is 29.7. The number of aryl methyl sites for hydroxylation is 1. The molecule has 5 amide bonds. The van der Waals surface area contributed by atoms with Crippen LogP contribution in [0.4, 0.5) is 17.1 Å². The summed E-state index contributed by atoms with van der Waals surface area (Å²) in [6, 6.07) is 36.0. The summed E-state index contributed by atoms with van der Waals surface area (Å²) in [5.41, 5.74) is 7.27. The molecule has 109 heavy (non-hydrogen) atoms. The minimum atomic E-state index is -4.51. The number of anilines is 2. The Morgan fingerprint density at radius 3 is 2.12 bits per heavy atom. The first-order chi connectivity index (χ1) is 52.2. The Kier molecular flexibility index (Phi) is 28.3. The van der Waals surface area contributed by atoms with E-state index in [0.29, 0.717) is 49.5 Å². The summed E-state index contributed by atoms with van der Waals surface area (Å²) in [4.78, 5) is 101. The van der Waals surface area contributed by atoms with Crippen LogP contribution in [0.2, 0.25) is 5.02 Å². The molecule has 11 rings (SSSR count). The number of aliphatic hydroxyl groups excluding tert-OH is 1. The van der Waals surface area contributed by atoms with Crippen LogP contribution in [-0.4, -0.2) is 193 Å². The van der Waals surface area contributed by atoms with E-state index in [1.807, 2.05) is 124 Å².